The van der Waals surface area contributed by atoms with E-state index in [1.54, 1.807) is 0 Å². The molecule has 0 bridgehead atoms. The first-order valence-electron chi connectivity index (χ1n) is 4.80. The first kappa shape index (κ1) is 9.87. The Hall–Kier alpha value is -1.32. The highest BCUT2D eigenvalue weighted by molar-refractivity contribution is 7.19. The molecular formula is C12H8ClN2S. The van der Waals surface area contributed by atoms with Crippen molar-refractivity contribution in [3.05, 3.63) is 47.2 Å². The fourth-order valence-electron chi connectivity index (χ4n) is 1.65. The average molecular weight is 248 g/mol. The van der Waals surface area contributed by atoms with Gasteiger partial charge in [0.05, 0.1) is 20.2 Å². The fourth-order valence-corrected chi connectivity index (χ4v) is 2.64. The van der Waals surface area contributed by atoms with Crippen LogP contribution in [0.5, 0.6) is 0 Å². The largest absolute Gasteiger partial charge is 0.337 e. The Kier molecular flexibility index (Phi) is 2.23. The molecule has 3 aromatic rings. The van der Waals surface area contributed by atoms with Crippen LogP contribution in [0.2, 0.25) is 4.34 Å². The summed E-state index contributed by atoms with van der Waals surface area (Å²) >= 11 is 7.42. The van der Waals surface area contributed by atoms with Crippen molar-refractivity contribution in [2.75, 3.05) is 0 Å². The second-order valence-corrected chi connectivity index (χ2v) is 5.22. The van der Waals surface area contributed by atoms with E-state index in [9.17, 15) is 0 Å². The lowest BCUT2D eigenvalue weighted by molar-refractivity contribution is 1.36. The number of benzene rings is 1. The van der Waals surface area contributed by atoms with Crippen LogP contribution in [0.4, 0.5) is 0 Å². The first-order valence-corrected chi connectivity index (χ1v) is 6.00. The summed E-state index contributed by atoms with van der Waals surface area (Å²) < 4.78 is 0.769. The van der Waals surface area contributed by atoms with E-state index in [-0.39, 0.29) is 0 Å². The summed E-state index contributed by atoms with van der Waals surface area (Å²) in [5.41, 5.74) is 2.86. The second-order valence-electron chi connectivity index (χ2n) is 3.50. The lowest BCUT2D eigenvalue weighted by Crippen LogP contribution is -1.74. The second kappa shape index (κ2) is 3.61. The van der Waals surface area contributed by atoms with E-state index in [0.29, 0.717) is 0 Å². The summed E-state index contributed by atoms with van der Waals surface area (Å²) in [6.07, 6.45) is 0. The van der Waals surface area contributed by atoms with Crippen LogP contribution in [-0.4, -0.2) is 9.97 Å². The molecule has 4 heteroatoms. The van der Waals surface area contributed by atoms with Crippen molar-refractivity contribution < 1.29 is 0 Å². The molecule has 1 aromatic carbocycles. The lowest BCUT2D eigenvalue weighted by atomic mass is 10.2. The van der Waals surface area contributed by atoms with E-state index in [1.165, 1.54) is 11.3 Å². The Bertz CT molecular complexity index is 654. The molecule has 2 aromatic heterocycles. The Morgan fingerprint density at radius 3 is 2.81 bits per heavy atom. The molecule has 16 heavy (non-hydrogen) atoms. The van der Waals surface area contributed by atoms with Crippen molar-refractivity contribution in [3.63, 3.8) is 0 Å². The monoisotopic (exact) mass is 247 g/mol. The molecule has 0 aliphatic heterocycles. The molecule has 0 saturated carbocycles. The van der Waals surface area contributed by atoms with Crippen LogP contribution in [0.1, 0.15) is 5.56 Å². The minimum absolute atomic E-state index is 0.769. The quantitative estimate of drug-likeness (QED) is 0.688. The van der Waals surface area contributed by atoms with E-state index in [0.717, 1.165) is 31.6 Å². The Labute approximate surface area is 102 Å². The highest BCUT2D eigenvalue weighted by Crippen LogP contribution is 2.30. The molecule has 2 heterocycles. The molecule has 79 valence electrons. The SMILES string of the molecule is [CH2]c1cccc2[nH]c(-c3ccc(Cl)s3)nc12. The maximum absolute atomic E-state index is 5.90. The summed E-state index contributed by atoms with van der Waals surface area (Å²) in [5, 5.41) is 0. The number of aromatic nitrogens is 2. The van der Waals surface area contributed by atoms with Crippen molar-refractivity contribution >= 4 is 34.0 Å². The van der Waals surface area contributed by atoms with E-state index in [4.69, 9.17) is 11.6 Å². The third kappa shape index (κ3) is 1.52. The van der Waals surface area contributed by atoms with Gasteiger partial charge in [0.15, 0.2) is 0 Å². The van der Waals surface area contributed by atoms with Gasteiger partial charge in [-0.3, -0.25) is 0 Å². The predicted octanol–water partition coefficient (Wildman–Crippen LogP) is 4.13. The van der Waals surface area contributed by atoms with Crippen LogP contribution in [0.25, 0.3) is 21.7 Å². The normalized spacial score (nSPS) is 11.1. The number of halogens is 1. The maximum atomic E-state index is 5.90. The maximum Gasteiger partial charge on any atom is 0.148 e. The standard InChI is InChI=1S/C12H8ClN2S/c1-7-3-2-4-8-11(7)15-12(14-8)9-5-6-10(13)16-9/h2-6H,1H2,(H,14,15). The summed E-state index contributed by atoms with van der Waals surface area (Å²) in [6.45, 7) is 3.96. The van der Waals surface area contributed by atoms with Gasteiger partial charge in [-0.1, -0.05) is 23.7 Å². The van der Waals surface area contributed by atoms with Crippen molar-refractivity contribution in [3.8, 4) is 10.7 Å². The Morgan fingerprint density at radius 2 is 2.12 bits per heavy atom. The van der Waals surface area contributed by atoms with Gasteiger partial charge in [0, 0.05) is 0 Å². The molecule has 0 spiro atoms. The van der Waals surface area contributed by atoms with Gasteiger partial charge < -0.3 is 4.98 Å². The van der Waals surface area contributed by atoms with Crippen molar-refractivity contribution in [2.45, 2.75) is 0 Å². The third-order valence-corrected chi connectivity index (χ3v) is 3.64. The summed E-state index contributed by atoms with van der Waals surface area (Å²) in [7, 11) is 0. The molecule has 0 unspecified atom stereocenters. The number of aromatic amines is 1. The van der Waals surface area contributed by atoms with Crippen LogP contribution >= 0.6 is 22.9 Å². The molecular weight excluding hydrogens is 240 g/mol. The van der Waals surface area contributed by atoms with E-state index < -0.39 is 0 Å². The fraction of sp³-hybridized carbons (Fsp3) is 0. The minimum atomic E-state index is 0.769. The van der Waals surface area contributed by atoms with Gasteiger partial charge in [0.25, 0.3) is 0 Å². The smallest absolute Gasteiger partial charge is 0.148 e. The Balaban J connectivity index is 2.22. The number of para-hydroxylation sites is 1. The number of imidazole rings is 1. The number of nitrogens with zero attached hydrogens (tertiary/aromatic N) is 1. The van der Waals surface area contributed by atoms with Crippen molar-refractivity contribution in [2.24, 2.45) is 0 Å². The minimum Gasteiger partial charge on any atom is -0.337 e. The highest BCUT2D eigenvalue weighted by atomic mass is 35.5. The molecule has 0 aliphatic rings. The van der Waals surface area contributed by atoms with Crippen LogP contribution in [0.3, 0.4) is 0 Å². The third-order valence-electron chi connectivity index (χ3n) is 2.40. The molecule has 0 amide bonds. The van der Waals surface area contributed by atoms with Gasteiger partial charge in [-0.25, -0.2) is 4.98 Å². The van der Waals surface area contributed by atoms with E-state index in [1.807, 2.05) is 30.3 Å². The molecule has 2 nitrogen and oxygen atoms in total. The molecule has 1 N–H and O–H groups in total. The number of hydrogen-bond donors (Lipinski definition) is 1. The van der Waals surface area contributed by atoms with Gasteiger partial charge in [-0.15, -0.1) is 11.3 Å². The number of thiophene rings is 1. The first-order chi connectivity index (χ1) is 7.74. The van der Waals surface area contributed by atoms with Crippen molar-refractivity contribution in [1.29, 1.82) is 0 Å². The summed E-state index contributed by atoms with van der Waals surface area (Å²) in [4.78, 5) is 8.84. The number of fused-ring (bicyclic) bond motifs is 1. The van der Waals surface area contributed by atoms with Gasteiger partial charge >= 0.3 is 0 Å². The van der Waals surface area contributed by atoms with Gasteiger partial charge in [0.1, 0.15) is 5.82 Å². The zero-order valence-electron chi connectivity index (χ0n) is 8.33. The van der Waals surface area contributed by atoms with E-state index in [2.05, 4.69) is 16.9 Å². The van der Waals surface area contributed by atoms with Gasteiger partial charge in [0.2, 0.25) is 0 Å². The Morgan fingerprint density at radius 1 is 1.25 bits per heavy atom. The number of hydrogen-bond acceptors (Lipinski definition) is 2. The molecule has 0 atom stereocenters. The topological polar surface area (TPSA) is 28.7 Å². The van der Waals surface area contributed by atoms with E-state index >= 15 is 0 Å². The predicted molar refractivity (Wildman–Crippen MR) is 68.9 cm³/mol. The number of H-pyrrole nitrogens is 1. The zero-order valence-corrected chi connectivity index (χ0v) is 9.90. The molecule has 0 aliphatic carbocycles. The van der Waals surface area contributed by atoms with Crippen LogP contribution in [0.15, 0.2) is 30.3 Å². The van der Waals surface area contributed by atoms with Crippen LogP contribution in [0, 0.1) is 6.92 Å². The zero-order chi connectivity index (χ0) is 11.1. The highest BCUT2D eigenvalue weighted by Gasteiger charge is 2.08. The van der Waals surface area contributed by atoms with Crippen LogP contribution in [-0.2, 0) is 0 Å². The molecule has 0 fully saturated rings. The lowest BCUT2D eigenvalue weighted by Gasteiger charge is -1.90. The van der Waals surface area contributed by atoms with Gasteiger partial charge in [-0.2, -0.15) is 0 Å². The summed E-state index contributed by atoms with van der Waals surface area (Å²) in [6, 6.07) is 9.76. The number of rotatable bonds is 1. The molecule has 1 radical (unpaired) electrons. The van der Waals surface area contributed by atoms with Crippen LogP contribution < -0.4 is 0 Å². The molecule has 3 rings (SSSR count). The van der Waals surface area contributed by atoms with Gasteiger partial charge in [-0.05, 0) is 30.7 Å². The number of nitrogens with one attached hydrogen (secondary N) is 1. The molecule has 0 saturated heterocycles. The van der Waals surface area contributed by atoms with Crippen molar-refractivity contribution in [1.82, 2.24) is 9.97 Å². The summed E-state index contributed by atoms with van der Waals surface area (Å²) in [5.74, 6) is 0.850. The average Bonchev–Trinajstić information content (AvgIpc) is 2.84.